The highest BCUT2D eigenvalue weighted by molar-refractivity contribution is 7.08. The van der Waals surface area contributed by atoms with E-state index in [-0.39, 0.29) is 17.9 Å². The van der Waals surface area contributed by atoms with Crippen LogP contribution < -0.4 is 10.6 Å². The van der Waals surface area contributed by atoms with E-state index >= 15 is 0 Å². The quantitative estimate of drug-likeness (QED) is 0.617. The number of fused-ring (bicyclic) bond motifs is 1. The van der Waals surface area contributed by atoms with Crippen molar-refractivity contribution in [3.8, 4) is 0 Å². The summed E-state index contributed by atoms with van der Waals surface area (Å²) in [6.45, 7) is 1.86. The molecule has 2 aliphatic rings. The number of anilines is 1. The standard InChI is InChI=1S/C25H24N4O2S/c30-24(11-17-7-10-32-16-17)23-12-19(6-9-27-23)18-1-3-22(4-2-18)28-25(31)29-14-20-5-8-26-13-21(20)15-29/h1-8,10,13,16,23,27H,9,11-12,14-15H2,(H,28,31). The summed E-state index contributed by atoms with van der Waals surface area (Å²) in [5.41, 5.74) is 6.32. The largest absolute Gasteiger partial charge is 0.322 e. The minimum Gasteiger partial charge on any atom is -0.316 e. The van der Waals surface area contributed by atoms with Crippen molar-refractivity contribution in [1.82, 2.24) is 15.2 Å². The van der Waals surface area contributed by atoms with Gasteiger partial charge in [-0.15, -0.1) is 0 Å². The van der Waals surface area contributed by atoms with Crippen LogP contribution in [-0.2, 0) is 24.3 Å². The van der Waals surface area contributed by atoms with Gasteiger partial charge < -0.3 is 15.5 Å². The molecule has 0 aliphatic carbocycles. The third kappa shape index (κ3) is 4.49. The molecule has 6 nitrogen and oxygen atoms in total. The molecule has 1 unspecified atom stereocenters. The van der Waals surface area contributed by atoms with Gasteiger partial charge in [0.15, 0.2) is 5.78 Å². The van der Waals surface area contributed by atoms with Crippen molar-refractivity contribution < 1.29 is 9.59 Å². The van der Waals surface area contributed by atoms with Crippen LogP contribution in [0.1, 0.15) is 28.7 Å². The lowest BCUT2D eigenvalue weighted by atomic mass is 9.91. The number of carbonyl (C=O) groups excluding carboxylic acids is 2. The lowest BCUT2D eigenvalue weighted by molar-refractivity contribution is -0.120. The van der Waals surface area contributed by atoms with Crippen LogP contribution in [0, 0.1) is 0 Å². The Bertz CT molecular complexity index is 1130. The molecule has 2 aliphatic heterocycles. The Morgan fingerprint density at radius 1 is 1.12 bits per heavy atom. The molecule has 0 fully saturated rings. The van der Waals surface area contributed by atoms with Crippen molar-refractivity contribution in [3.63, 3.8) is 0 Å². The lowest BCUT2D eigenvalue weighted by Gasteiger charge is -2.23. The first-order chi connectivity index (χ1) is 15.7. The number of ketones is 1. The Labute approximate surface area is 191 Å². The molecule has 1 aromatic carbocycles. The number of benzene rings is 1. The molecule has 2 amide bonds. The molecule has 0 radical (unpaired) electrons. The van der Waals surface area contributed by atoms with E-state index in [0.717, 1.165) is 33.5 Å². The SMILES string of the molecule is O=C(Cc1ccsc1)C1CC(c2ccc(NC(=O)N3Cc4ccncc4C3)cc2)=CCN1. The Kier molecular flexibility index (Phi) is 5.83. The van der Waals surface area contributed by atoms with E-state index in [9.17, 15) is 9.59 Å². The summed E-state index contributed by atoms with van der Waals surface area (Å²) < 4.78 is 0. The normalized spacial score (nSPS) is 17.6. The first kappa shape index (κ1) is 20.6. The third-order valence-corrected chi connectivity index (χ3v) is 6.74. The van der Waals surface area contributed by atoms with E-state index in [1.54, 1.807) is 22.4 Å². The summed E-state index contributed by atoms with van der Waals surface area (Å²) in [7, 11) is 0. The fourth-order valence-electron chi connectivity index (χ4n) is 4.21. The number of nitrogens with one attached hydrogen (secondary N) is 2. The minimum absolute atomic E-state index is 0.117. The van der Waals surface area contributed by atoms with Crippen LogP contribution in [0.15, 0.2) is 65.6 Å². The van der Waals surface area contributed by atoms with Gasteiger partial charge in [-0.2, -0.15) is 11.3 Å². The molecule has 32 heavy (non-hydrogen) atoms. The average molecular weight is 445 g/mol. The van der Waals surface area contributed by atoms with Crippen LogP contribution in [0.2, 0.25) is 0 Å². The number of carbonyl (C=O) groups is 2. The van der Waals surface area contributed by atoms with Crippen LogP contribution >= 0.6 is 11.3 Å². The molecule has 0 bridgehead atoms. The van der Waals surface area contributed by atoms with Gasteiger partial charge >= 0.3 is 6.03 Å². The van der Waals surface area contributed by atoms with Crippen LogP contribution in [0.25, 0.3) is 5.57 Å². The van der Waals surface area contributed by atoms with Gasteiger partial charge in [-0.1, -0.05) is 18.2 Å². The number of urea groups is 1. The fourth-order valence-corrected chi connectivity index (χ4v) is 4.88. The second kappa shape index (κ2) is 9.06. The van der Waals surface area contributed by atoms with Gasteiger partial charge in [0.1, 0.15) is 0 Å². The molecule has 2 aromatic heterocycles. The van der Waals surface area contributed by atoms with Crippen LogP contribution in [0.3, 0.4) is 0 Å². The number of Topliss-reactive ketones (excluding diaryl/α,β-unsaturated/α-hetero) is 1. The van der Waals surface area contributed by atoms with Crippen LogP contribution in [-0.4, -0.2) is 34.3 Å². The molecule has 5 rings (SSSR count). The number of nitrogens with zero attached hydrogens (tertiary/aromatic N) is 2. The van der Waals surface area contributed by atoms with Gasteiger partial charge in [0.25, 0.3) is 0 Å². The van der Waals surface area contributed by atoms with E-state index in [4.69, 9.17) is 0 Å². The summed E-state index contributed by atoms with van der Waals surface area (Å²) >= 11 is 1.62. The second-order valence-corrected chi connectivity index (χ2v) is 8.96. The molecule has 7 heteroatoms. The summed E-state index contributed by atoms with van der Waals surface area (Å²) in [6.07, 6.45) is 6.86. The summed E-state index contributed by atoms with van der Waals surface area (Å²) in [4.78, 5) is 31.3. The Hall–Kier alpha value is -3.29. The molecule has 2 N–H and O–H groups in total. The highest BCUT2D eigenvalue weighted by atomic mass is 32.1. The Morgan fingerprint density at radius 2 is 1.97 bits per heavy atom. The predicted octanol–water partition coefficient (Wildman–Crippen LogP) is 4.25. The molecule has 0 saturated carbocycles. The summed E-state index contributed by atoms with van der Waals surface area (Å²) in [5, 5.41) is 10.3. The first-order valence-electron chi connectivity index (χ1n) is 10.7. The van der Waals surface area contributed by atoms with Gasteiger partial charge in [-0.3, -0.25) is 9.78 Å². The molecule has 3 aromatic rings. The molecular weight excluding hydrogens is 420 g/mol. The number of amides is 2. The number of aromatic nitrogens is 1. The van der Waals surface area contributed by atoms with Crippen molar-refractivity contribution in [1.29, 1.82) is 0 Å². The lowest BCUT2D eigenvalue weighted by Crippen LogP contribution is -2.40. The molecule has 1 atom stereocenters. The Morgan fingerprint density at radius 3 is 2.75 bits per heavy atom. The summed E-state index contributed by atoms with van der Waals surface area (Å²) in [5.74, 6) is 0.222. The number of hydrogen-bond acceptors (Lipinski definition) is 5. The zero-order chi connectivity index (χ0) is 21.9. The number of rotatable bonds is 5. The van der Waals surface area contributed by atoms with E-state index in [1.165, 1.54) is 0 Å². The smallest absolute Gasteiger partial charge is 0.316 e. The van der Waals surface area contributed by atoms with Gasteiger partial charge in [0.05, 0.1) is 6.04 Å². The molecule has 162 valence electrons. The maximum Gasteiger partial charge on any atom is 0.322 e. The van der Waals surface area contributed by atoms with E-state index in [0.29, 0.717) is 32.5 Å². The second-order valence-electron chi connectivity index (χ2n) is 8.18. The predicted molar refractivity (Wildman–Crippen MR) is 126 cm³/mol. The zero-order valence-electron chi connectivity index (χ0n) is 17.6. The van der Waals surface area contributed by atoms with Crippen molar-refractivity contribution in [2.75, 3.05) is 11.9 Å². The molecule has 0 spiro atoms. The number of hydrogen-bond donors (Lipinski definition) is 2. The van der Waals surface area contributed by atoms with E-state index < -0.39 is 0 Å². The highest BCUT2D eigenvalue weighted by Crippen LogP contribution is 2.26. The fraction of sp³-hybridized carbons (Fsp3) is 0.240. The first-order valence-corrected chi connectivity index (χ1v) is 11.6. The van der Waals surface area contributed by atoms with Gasteiger partial charge in [0.2, 0.25) is 0 Å². The van der Waals surface area contributed by atoms with Crippen molar-refractivity contribution >= 4 is 34.4 Å². The highest BCUT2D eigenvalue weighted by Gasteiger charge is 2.24. The monoisotopic (exact) mass is 444 g/mol. The molecular formula is C25H24N4O2S. The maximum atomic E-state index is 12.7. The topological polar surface area (TPSA) is 74.3 Å². The van der Waals surface area contributed by atoms with Gasteiger partial charge in [0, 0.05) is 44.1 Å². The molecule has 4 heterocycles. The third-order valence-electron chi connectivity index (χ3n) is 6.01. The van der Waals surface area contributed by atoms with Crippen molar-refractivity contribution in [3.05, 3.63) is 87.9 Å². The average Bonchev–Trinajstić information content (AvgIpc) is 3.49. The zero-order valence-corrected chi connectivity index (χ0v) is 18.4. The van der Waals surface area contributed by atoms with E-state index in [2.05, 4.69) is 21.7 Å². The van der Waals surface area contributed by atoms with Gasteiger partial charge in [-0.25, -0.2) is 4.79 Å². The number of thiophene rings is 1. The van der Waals surface area contributed by atoms with Crippen molar-refractivity contribution in [2.45, 2.75) is 32.0 Å². The Balaban J connectivity index is 1.19. The minimum atomic E-state index is -0.166. The molecule has 0 saturated heterocycles. The van der Waals surface area contributed by atoms with Crippen LogP contribution in [0.4, 0.5) is 10.5 Å². The van der Waals surface area contributed by atoms with Crippen LogP contribution in [0.5, 0.6) is 0 Å². The van der Waals surface area contributed by atoms with E-state index in [1.807, 2.05) is 53.4 Å². The van der Waals surface area contributed by atoms with Crippen molar-refractivity contribution in [2.24, 2.45) is 0 Å². The maximum absolute atomic E-state index is 12.7. The summed E-state index contributed by atoms with van der Waals surface area (Å²) in [6, 6.07) is 11.5. The number of pyridine rings is 1. The van der Waals surface area contributed by atoms with Gasteiger partial charge in [-0.05, 0) is 69.3 Å².